The fourth-order valence-corrected chi connectivity index (χ4v) is 4.13. The van der Waals surface area contributed by atoms with Crippen LogP contribution >= 0.6 is 0 Å². The Morgan fingerprint density at radius 3 is 2.84 bits per heavy atom. The Morgan fingerprint density at radius 1 is 1.36 bits per heavy atom. The second-order valence-electron chi connectivity index (χ2n) is 7.60. The average Bonchev–Trinajstić information content (AvgIpc) is 3.22. The van der Waals surface area contributed by atoms with Crippen molar-refractivity contribution in [3.8, 4) is 0 Å². The Balaban J connectivity index is 1.54. The summed E-state index contributed by atoms with van der Waals surface area (Å²) in [5.41, 5.74) is 0.405. The molecule has 0 aromatic heterocycles. The number of benzene rings is 1. The van der Waals surface area contributed by atoms with Gasteiger partial charge in [-0.1, -0.05) is 56.3 Å². The Hall–Kier alpha value is -2.14. The monoisotopic (exact) mass is 341 g/mol. The summed E-state index contributed by atoms with van der Waals surface area (Å²) < 4.78 is 11.5. The van der Waals surface area contributed by atoms with Crippen LogP contribution in [-0.2, 0) is 25.6 Å². The number of likely N-dealkylation sites (tertiary alicyclic amines) is 1. The molecule has 2 bridgehead atoms. The van der Waals surface area contributed by atoms with Gasteiger partial charge in [0, 0.05) is 6.54 Å². The highest BCUT2D eigenvalue weighted by Crippen LogP contribution is 2.52. The Kier molecular flexibility index (Phi) is 3.91. The standard InChI is InChI=1S/C20H23NO4/c1-13(2)11-24-19(23)16-15-8-9-20(25-15)12-21(18(22)17(16)20)10-14-6-4-3-5-7-14/h3-9,13,15-17H,10-12H2,1-2H3/t15-,16-,17-,20+/m0/s1. The number of carbonyl (C=O) groups excluding carboxylic acids is 2. The van der Waals surface area contributed by atoms with Crippen molar-refractivity contribution < 1.29 is 19.1 Å². The first-order valence-electron chi connectivity index (χ1n) is 8.87. The summed E-state index contributed by atoms with van der Waals surface area (Å²) in [7, 11) is 0. The number of esters is 1. The van der Waals surface area contributed by atoms with E-state index in [-0.39, 0.29) is 23.9 Å². The number of hydrogen-bond acceptors (Lipinski definition) is 4. The predicted molar refractivity (Wildman–Crippen MR) is 91.4 cm³/mol. The van der Waals surface area contributed by atoms with E-state index in [1.807, 2.05) is 56.3 Å². The van der Waals surface area contributed by atoms with Crippen molar-refractivity contribution in [3.05, 3.63) is 48.0 Å². The van der Waals surface area contributed by atoms with Gasteiger partial charge in [-0.25, -0.2) is 0 Å². The molecule has 3 heterocycles. The van der Waals surface area contributed by atoms with Gasteiger partial charge in [-0.15, -0.1) is 0 Å². The van der Waals surface area contributed by atoms with Crippen molar-refractivity contribution in [2.75, 3.05) is 13.2 Å². The number of nitrogens with zero attached hydrogens (tertiary/aromatic N) is 1. The minimum absolute atomic E-state index is 0.0119. The van der Waals surface area contributed by atoms with Gasteiger partial charge in [-0.05, 0) is 11.5 Å². The summed E-state index contributed by atoms with van der Waals surface area (Å²) in [5.74, 6) is -1.06. The van der Waals surface area contributed by atoms with E-state index in [1.165, 1.54) is 0 Å². The molecule has 1 spiro atoms. The molecule has 5 nitrogen and oxygen atoms in total. The normalized spacial score (nSPS) is 32.5. The molecule has 2 fully saturated rings. The molecule has 4 atom stereocenters. The van der Waals surface area contributed by atoms with Gasteiger partial charge in [-0.2, -0.15) is 0 Å². The second kappa shape index (κ2) is 5.99. The first-order valence-corrected chi connectivity index (χ1v) is 8.87. The summed E-state index contributed by atoms with van der Waals surface area (Å²) >= 11 is 0. The predicted octanol–water partition coefficient (Wildman–Crippen LogP) is 2.17. The van der Waals surface area contributed by atoms with E-state index in [0.29, 0.717) is 19.7 Å². The molecule has 0 unspecified atom stereocenters. The smallest absolute Gasteiger partial charge is 0.312 e. The van der Waals surface area contributed by atoms with E-state index in [0.717, 1.165) is 5.56 Å². The SMILES string of the molecule is CC(C)COC(=O)[C@H]1[C@@H]2C=C[C@]3(CN(Cc4ccccc4)C(=O)[C@H]13)O2. The summed E-state index contributed by atoms with van der Waals surface area (Å²) in [6, 6.07) is 9.88. The number of hydrogen-bond donors (Lipinski definition) is 0. The number of ether oxygens (including phenoxy) is 2. The zero-order valence-electron chi connectivity index (χ0n) is 14.6. The molecular weight excluding hydrogens is 318 g/mol. The molecule has 3 aliphatic heterocycles. The minimum Gasteiger partial charge on any atom is -0.465 e. The largest absolute Gasteiger partial charge is 0.465 e. The third-order valence-corrected chi connectivity index (χ3v) is 5.23. The number of amides is 1. The molecule has 132 valence electrons. The highest BCUT2D eigenvalue weighted by atomic mass is 16.6. The van der Waals surface area contributed by atoms with E-state index in [2.05, 4.69) is 0 Å². The van der Waals surface area contributed by atoms with Gasteiger partial charge in [-0.3, -0.25) is 9.59 Å². The van der Waals surface area contributed by atoms with Crippen LogP contribution in [0.2, 0.25) is 0 Å². The van der Waals surface area contributed by atoms with Crippen LogP contribution in [-0.4, -0.2) is 41.6 Å². The lowest BCUT2D eigenvalue weighted by molar-refractivity contribution is -0.154. The maximum Gasteiger partial charge on any atom is 0.312 e. The van der Waals surface area contributed by atoms with E-state index in [9.17, 15) is 9.59 Å². The Labute approximate surface area is 147 Å². The second-order valence-corrected chi connectivity index (χ2v) is 7.60. The fraction of sp³-hybridized carbons (Fsp3) is 0.500. The molecule has 1 amide bonds. The molecule has 5 heteroatoms. The lowest BCUT2D eigenvalue weighted by Crippen LogP contribution is -2.40. The highest BCUT2D eigenvalue weighted by Gasteiger charge is 2.67. The number of fused-ring (bicyclic) bond motifs is 1. The van der Waals surface area contributed by atoms with E-state index in [4.69, 9.17) is 9.47 Å². The first-order chi connectivity index (χ1) is 12.0. The molecule has 4 rings (SSSR count). The van der Waals surface area contributed by atoms with Gasteiger partial charge in [0.05, 0.1) is 25.2 Å². The van der Waals surface area contributed by atoms with Crippen molar-refractivity contribution in [3.63, 3.8) is 0 Å². The van der Waals surface area contributed by atoms with Crippen molar-refractivity contribution >= 4 is 11.9 Å². The fourth-order valence-electron chi connectivity index (χ4n) is 4.13. The number of carbonyl (C=O) groups is 2. The summed E-state index contributed by atoms with van der Waals surface area (Å²) in [6.07, 6.45) is 3.54. The topological polar surface area (TPSA) is 55.8 Å². The van der Waals surface area contributed by atoms with Crippen molar-refractivity contribution in [2.45, 2.75) is 32.1 Å². The Bertz CT molecular complexity index is 714. The van der Waals surface area contributed by atoms with Gasteiger partial charge >= 0.3 is 5.97 Å². The third-order valence-electron chi connectivity index (χ3n) is 5.23. The quantitative estimate of drug-likeness (QED) is 0.608. The molecule has 1 aromatic rings. The van der Waals surface area contributed by atoms with Crippen LogP contribution in [0.15, 0.2) is 42.5 Å². The van der Waals surface area contributed by atoms with Gasteiger partial charge in [0.1, 0.15) is 11.5 Å². The van der Waals surface area contributed by atoms with Crippen LogP contribution in [0.1, 0.15) is 19.4 Å². The zero-order valence-corrected chi connectivity index (χ0v) is 14.6. The molecule has 0 radical (unpaired) electrons. The zero-order chi connectivity index (χ0) is 17.6. The van der Waals surface area contributed by atoms with Gasteiger partial charge in [0.15, 0.2) is 0 Å². The van der Waals surface area contributed by atoms with Crippen molar-refractivity contribution in [1.29, 1.82) is 0 Å². The van der Waals surface area contributed by atoms with E-state index in [1.54, 1.807) is 4.90 Å². The van der Waals surface area contributed by atoms with Gasteiger partial charge in [0.25, 0.3) is 0 Å². The van der Waals surface area contributed by atoms with E-state index >= 15 is 0 Å². The van der Waals surface area contributed by atoms with Crippen LogP contribution in [0.25, 0.3) is 0 Å². The molecule has 25 heavy (non-hydrogen) atoms. The summed E-state index contributed by atoms with van der Waals surface area (Å²) in [5, 5.41) is 0. The van der Waals surface area contributed by atoms with Crippen LogP contribution in [0.5, 0.6) is 0 Å². The molecule has 2 saturated heterocycles. The van der Waals surface area contributed by atoms with Crippen LogP contribution in [0.3, 0.4) is 0 Å². The maximum atomic E-state index is 13.0. The van der Waals surface area contributed by atoms with Gasteiger partial charge in [0.2, 0.25) is 5.91 Å². The molecule has 0 saturated carbocycles. The maximum absolute atomic E-state index is 13.0. The van der Waals surface area contributed by atoms with Gasteiger partial charge < -0.3 is 14.4 Å². The van der Waals surface area contributed by atoms with Crippen LogP contribution < -0.4 is 0 Å². The lowest BCUT2D eigenvalue weighted by atomic mass is 9.77. The minimum atomic E-state index is -0.669. The Morgan fingerprint density at radius 2 is 2.12 bits per heavy atom. The number of rotatable bonds is 5. The first kappa shape index (κ1) is 16.3. The van der Waals surface area contributed by atoms with Crippen LogP contribution in [0.4, 0.5) is 0 Å². The molecule has 0 aliphatic carbocycles. The summed E-state index contributed by atoms with van der Waals surface area (Å²) in [6.45, 7) is 5.38. The molecule has 1 aromatic carbocycles. The lowest BCUT2D eigenvalue weighted by Gasteiger charge is -2.23. The molecule has 3 aliphatic rings. The highest BCUT2D eigenvalue weighted by molar-refractivity contribution is 5.91. The summed E-state index contributed by atoms with van der Waals surface area (Å²) in [4.78, 5) is 27.4. The van der Waals surface area contributed by atoms with Crippen molar-refractivity contribution in [1.82, 2.24) is 4.90 Å². The van der Waals surface area contributed by atoms with Crippen LogP contribution in [0, 0.1) is 17.8 Å². The molecular formula is C20H23NO4. The molecule has 0 N–H and O–H groups in total. The van der Waals surface area contributed by atoms with E-state index < -0.39 is 17.4 Å². The average molecular weight is 341 g/mol. The van der Waals surface area contributed by atoms with Crippen molar-refractivity contribution in [2.24, 2.45) is 17.8 Å². The third kappa shape index (κ3) is 2.67.